The molecule has 0 aromatic heterocycles. The van der Waals surface area contributed by atoms with Crippen LogP contribution in [0.15, 0.2) is 0 Å². The van der Waals surface area contributed by atoms with Crippen molar-refractivity contribution in [3.63, 3.8) is 0 Å². The highest BCUT2D eigenvalue weighted by Gasteiger charge is 2.27. The van der Waals surface area contributed by atoms with Crippen molar-refractivity contribution in [2.75, 3.05) is 13.1 Å². The average molecular weight is 416 g/mol. The number of imide groups is 1. The molecule has 2 atom stereocenters. The number of Topliss-reactive ketones (excluding diaryl/α,β-unsaturated/α-hetero) is 1. The molecule has 0 heterocycles. The van der Waals surface area contributed by atoms with Crippen molar-refractivity contribution in [3.8, 4) is 0 Å². The van der Waals surface area contributed by atoms with Crippen LogP contribution in [-0.2, 0) is 9.59 Å². The van der Waals surface area contributed by atoms with Crippen LogP contribution in [0.4, 0.5) is 9.59 Å². The van der Waals surface area contributed by atoms with Gasteiger partial charge < -0.3 is 20.8 Å². The number of nitrogens with zero attached hydrogens (tertiary/aromatic N) is 1. The van der Waals surface area contributed by atoms with Gasteiger partial charge in [-0.25, -0.2) is 14.5 Å². The zero-order valence-electron chi connectivity index (χ0n) is 18.2. The van der Waals surface area contributed by atoms with Gasteiger partial charge in [0.25, 0.3) is 0 Å². The Bertz CT molecular complexity index is 548. The van der Waals surface area contributed by atoms with Gasteiger partial charge in [-0.2, -0.15) is 0 Å². The maximum atomic E-state index is 12.5. The molecule has 0 aliphatic carbocycles. The van der Waals surface area contributed by atoms with Gasteiger partial charge in [0.2, 0.25) is 5.91 Å². The number of unbranched alkanes of at least 4 members (excludes halogenated alkanes) is 1. The Morgan fingerprint density at radius 1 is 0.966 bits per heavy atom. The number of hydrogen-bond acceptors (Lipinski definition) is 5. The number of nitrogens with one attached hydrogen (secondary N) is 2. The standard InChI is InChI=1S/C20H37N3O6/c1-13(2)9-11-23(20(28)29)19(27)22-16(12-14(3)4)18(26)21-10-7-6-8-17(25)15(5)24/h13-16,24H,6-12H2,1-5H3,(H,21,26)(H,22,27)(H,28,29)/t15?,16-/m0/s1. The lowest BCUT2D eigenvalue weighted by atomic mass is 10.0. The van der Waals surface area contributed by atoms with Crippen molar-refractivity contribution < 1.29 is 29.4 Å². The molecule has 4 amide bonds. The van der Waals surface area contributed by atoms with Crippen LogP contribution >= 0.6 is 0 Å². The Morgan fingerprint density at radius 2 is 1.59 bits per heavy atom. The molecule has 9 heteroatoms. The zero-order valence-corrected chi connectivity index (χ0v) is 18.2. The van der Waals surface area contributed by atoms with Gasteiger partial charge in [0.15, 0.2) is 5.78 Å². The maximum absolute atomic E-state index is 12.5. The molecule has 0 aliphatic rings. The predicted octanol–water partition coefficient (Wildman–Crippen LogP) is 2.37. The Labute approximate surface area is 173 Å². The first-order chi connectivity index (χ1) is 13.5. The number of rotatable bonds is 13. The number of carbonyl (C=O) groups is 4. The molecule has 4 N–H and O–H groups in total. The van der Waals surface area contributed by atoms with E-state index in [-0.39, 0.29) is 36.5 Å². The fourth-order valence-electron chi connectivity index (χ4n) is 2.57. The van der Waals surface area contributed by atoms with Crippen LogP contribution in [0.3, 0.4) is 0 Å². The highest BCUT2D eigenvalue weighted by atomic mass is 16.4. The molecule has 0 radical (unpaired) electrons. The first kappa shape index (κ1) is 26.8. The largest absolute Gasteiger partial charge is 0.465 e. The number of carboxylic acid groups (broad SMARTS) is 1. The minimum atomic E-state index is -1.35. The third-order valence-electron chi connectivity index (χ3n) is 4.34. The summed E-state index contributed by atoms with van der Waals surface area (Å²) in [4.78, 5) is 48.3. The van der Waals surface area contributed by atoms with Gasteiger partial charge in [0, 0.05) is 19.5 Å². The number of aliphatic hydroxyl groups excluding tert-OH is 1. The Hall–Kier alpha value is -2.16. The van der Waals surface area contributed by atoms with Gasteiger partial charge in [-0.3, -0.25) is 9.59 Å². The molecule has 0 fully saturated rings. The number of urea groups is 1. The highest BCUT2D eigenvalue weighted by molar-refractivity contribution is 5.93. The van der Waals surface area contributed by atoms with Gasteiger partial charge in [-0.05, 0) is 44.4 Å². The van der Waals surface area contributed by atoms with Gasteiger partial charge in [0.1, 0.15) is 12.1 Å². The minimum Gasteiger partial charge on any atom is -0.465 e. The quantitative estimate of drug-likeness (QED) is 0.341. The fourth-order valence-corrected chi connectivity index (χ4v) is 2.57. The first-order valence-electron chi connectivity index (χ1n) is 10.2. The van der Waals surface area contributed by atoms with Crippen molar-refractivity contribution in [3.05, 3.63) is 0 Å². The molecule has 1 unspecified atom stereocenters. The van der Waals surface area contributed by atoms with E-state index in [9.17, 15) is 24.3 Å². The Morgan fingerprint density at radius 3 is 2.07 bits per heavy atom. The van der Waals surface area contributed by atoms with Crippen LogP contribution in [-0.4, -0.2) is 64.2 Å². The lowest BCUT2D eigenvalue weighted by Gasteiger charge is -2.24. The van der Waals surface area contributed by atoms with E-state index < -0.39 is 24.3 Å². The van der Waals surface area contributed by atoms with E-state index in [4.69, 9.17) is 5.11 Å². The summed E-state index contributed by atoms with van der Waals surface area (Å²) in [5.74, 6) is -0.275. The van der Waals surface area contributed by atoms with Crippen molar-refractivity contribution in [1.29, 1.82) is 0 Å². The summed E-state index contributed by atoms with van der Waals surface area (Å²) in [6.07, 6.45) is -0.0991. The van der Waals surface area contributed by atoms with Crippen LogP contribution in [0, 0.1) is 11.8 Å². The van der Waals surface area contributed by atoms with E-state index in [0.29, 0.717) is 37.1 Å². The summed E-state index contributed by atoms with van der Waals surface area (Å²) in [7, 11) is 0. The summed E-state index contributed by atoms with van der Waals surface area (Å²) in [6.45, 7) is 9.48. The van der Waals surface area contributed by atoms with E-state index in [2.05, 4.69) is 10.6 Å². The second-order valence-corrected chi connectivity index (χ2v) is 8.14. The number of hydrogen-bond donors (Lipinski definition) is 4. The normalized spacial score (nSPS) is 13.1. The third-order valence-corrected chi connectivity index (χ3v) is 4.34. The third kappa shape index (κ3) is 12.1. The van der Waals surface area contributed by atoms with Crippen LogP contribution in [0.2, 0.25) is 0 Å². The van der Waals surface area contributed by atoms with Gasteiger partial charge in [-0.15, -0.1) is 0 Å². The van der Waals surface area contributed by atoms with E-state index in [1.807, 2.05) is 27.7 Å². The van der Waals surface area contributed by atoms with Crippen molar-refractivity contribution >= 4 is 23.8 Å². The molecule has 0 aromatic carbocycles. The lowest BCUT2D eigenvalue weighted by molar-refractivity contribution is -0.126. The lowest BCUT2D eigenvalue weighted by Crippen LogP contribution is -2.53. The Kier molecular flexibility index (Phi) is 12.9. The molecule has 0 spiro atoms. The SMILES string of the molecule is CC(C)CCN(C(=O)O)C(=O)N[C@@H](CC(C)C)C(=O)NCCCCC(=O)C(C)O. The summed E-state index contributed by atoms with van der Waals surface area (Å²) in [6, 6.07) is -1.65. The number of ketones is 1. The zero-order chi connectivity index (χ0) is 22.6. The molecule has 29 heavy (non-hydrogen) atoms. The van der Waals surface area contributed by atoms with Crippen LogP contribution in [0.5, 0.6) is 0 Å². The molecule has 0 saturated carbocycles. The second kappa shape index (κ2) is 13.9. The topological polar surface area (TPSA) is 136 Å². The summed E-state index contributed by atoms with van der Waals surface area (Å²) in [5, 5.41) is 23.7. The van der Waals surface area contributed by atoms with Crippen LogP contribution in [0.1, 0.15) is 66.7 Å². The van der Waals surface area contributed by atoms with E-state index in [0.717, 1.165) is 0 Å². The number of carbonyl (C=O) groups excluding carboxylic acids is 3. The van der Waals surface area contributed by atoms with Gasteiger partial charge >= 0.3 is 12.1 Å². The van der Waals surface area contributed by atoms with Crippen LogP contribution < -0.4 is 10.6 Å². The summed E-state index contributed by atoms with van der Waals surface area (Å²) < 4.78 is 0. The van der Waals surface area contributed by atoms with Crippen molar-refractivity contribution in [2.45, 2.75) is 78.9 Å². The molecule has 0 bridgehead atoms. The number of amides is 4. The summed E-state index contributed by atoms with van der Waals surface area (Å²) >= 11 is 0. The highest BCUT2D eigenvalue weighted by Crippen LogP contribution is 2.08. The monoisotopic (exact) mass is 415 g/mol. The minimum absolute atomic E-state index is 0.0617. The molecular weight excluding hydrogens is 378 g/mol. The van der Waals surface area contributed by atoms with Crippen LogP contribution in [0.25, 0.3) is 0 Å². The molecule has 0 aliphatic heterocycles. The Balaban J connectivity index is 4.72. The molecular formula is C20H37N3O6. The average Bonchev–Trinajstić information content (AvgIpc) is 2.59. The smallest absolute Gasteiger partial charge is 0.415 e. The van der Waals surface area contributed by atoms with E-state index >= 15 is 0 Å². The summed E-state index contributed by atoms with van der Waals surface area (Å²) in [5.41, 5.74) is 0. The van der Waals surface area contributed by atoms with Crippen molar-refractivity contribution in [1.82, 2.24) is 15.5 Å². The molecule has 0 rings (SSSR count). The van der Waals surface area contributed by atoms with Gasteiger partial charge in [0.05, 0.1) is 0 Å². The molecule has 0 saturated heterocycles. The van der Waals surface area contributed by atoms with E-state index in [1.165, 1.54) is 6.92 Å². The first-order valence-corrected chi connectivity index (χ1v) is 10.2. The second-order valence-electron chi connectivity index (χ2n) is 8.14. The molecule has 168 valence electrons. The number of aliphatic hydroxyl groups is 1. The fraction of sp³-hybridized carbons (Fsp3) is 0.800. The maximum Gasteiger partial charge on any atom is 0.415 e. The van der Waals surface area contributed by atoms with E-state index in [1.54, 1.807) is 0 Å². The molecule has 9 nitrogen and oxygen atoms in total. The molecule has 0 aromatic rings. The predicted molar refractivity (Wildman–Crippen MR) is 110 cm³/mol. The van der Waals surface area contributed by atoms with Crippen molar-refractivity contribution in [2.24, 2.45) is 11.8 Å². The van der Waals surface area contributed by atoms with Gasteiger partial charge in [-0.1, -0.05) is 27.7 Å².